The minimum absolute atomic E-state index is 0.0199. The van der Waals surface area contributed by atoms with Gasteiger partial charge in [-0.05, 0) is 173 Å². The van der Waals surface area contributed by atoms with Crippen molar-refractivity contribution >= 4 is 64.6 Å². The molecule has 0 saturated carbocycles. The third-order valence-corrected chi connectivity index (χ3v) is 13.9. The van der Waals surface area contributed by atoms with Gasteiger partial charge < -0.3 is 50.4 Å². The van der Waals surface area contributed by atoms with Gasteiger partial charge in [0.1, 0.15) is 39.5 Å². The van der Waals surface area contributed by atoms with Crippen LogP contribution in [-0.4, -0.2) is 117 Å². The molecule has 19 nitrogen and oxygen atoms in total. The molecule has 0 saturated heterocycles. The van der Waals surface area contributed by atoms with E-state index in [4.69, 9.17) is 23.9 Å². The number of alkyl carbamates (subject to hydrolysis) is 2. The summed E-state index contributed by atoms with van der Waals surface area (Å²) in [5.41, 5.74) is 1.53. The molecule has 5 N–H and O–H groups in total. The van der Waals surface area contributed by atoms with Crippen molar-refractivity contribution in [2.75, 3.05) is 20.1 Å². The van der Waals surface area contributed by atoms with Crippen molar-refractivity contribution in [2.45, 2.75) is 185 Å². The van der Waals surface area contributed by atoms with Crippen LogP contribution in [0.4, 0.5) is 14.4 Å². The molecule has 5 aromatic rings. The van der Waals surface area contributed by atoms with E-state index in [0.29, 0.717) is 46.3 Å². The van der Waals surface area contributed by atoms with Crippen LogP contribution in [0.3, 0.4) is 0 Å². The average Bonchev–Trinajstić information content (AvgIpc) is 3.17. The van der Waals surface area contributed by atoms with Gasteiger partial charge in [0.25, 0.3) is 0 Å². The third-order valence-electron chi connectivity index (χ3n) is 12.8. The molecule has 0 fully saturated rings. The Hall–Kier alpha value is -7.45. The number of para-hydroxylation sites is 1. The van der Waals surface area contributed by atoms with Gasteiger partial charge in [-0.1, -0.05) is 60.3 Å². The number of fused-ring (bicyclic) bond motifs is 3. The predicted molar refractivity (Wildman–Crippen MR) is 315 cm³/mol. The molecule has 0 unspecified atom stereocenters. The minimum atomic E-state index is -1.22. The number of carbonyl (C=O) groups excluding carboxylic acids is 7. The SMILES string of the molecule is CN1C(=O)[C@H](CCCCNC(=O)OC(C)(C)C)NC(=O)[C@H](CCCNC(=O)OC(C)(C)C)NCc2cccnc2Sc2cccc(-c3ccc(C(=O)OC(C)(C)C)cc3)c2CNC(=O)[C@@H]1Cc1cn(C(=O)OC(C)(C)C)c2ccccc12. The molecule has 1 aliphatic rings. The standard InChI is InChI=1S/C62H82N8O11S/c1-59(2,3)78-55(74)40-30-28-39(29-31-40)43-23-18-27-50-45(43)37-67-52(72)49(35-42-38-70(58(77)81-62(10,11)12)48-26-15-14-22-44(42)48)69(13)54(73)47(24-16-17-32-64-56(75)79-60(4,5)6)68-51(71)46(25-20-34-65-57(76)80-61(7,8)9)66-36-41-21-19-33-63-53(41)82-50/h14-15,18-19,21-23,26-31,33,38,46-47,49,66H,16-17,20,24-25,32,34-37H2,1-13H3,(H,64,75)(H,65,76)(H,67,72)(H,68,71)/t46-,47-,49-/m0/s1. The molecule has 0 bridgehead atoms. The molecule has 3 aromatic carbocycles. The summed E-state index contributed by atoms with van der Waals surface area (Å²) >= 11 is 1.39. The van der Waals surface area contributed by atoms with Crippen molar-refractivity contribution < 1.29 is 52.5 Å². The van der Waals surface area contributed by atoms with Gasteiger partial charge in [-0.3, -0.25) is 19.0 Å². The van der Waals surface area contributed by atoms with Crippen molar-refractivity contribution in [1.29, 1.82) is 0 Å². The Bertz CT molecular complexity index is 3080. The highest BCUT2D eigenvalue weighted by atomic mass is 32.2. The summed E-state index contributed by atoms with van der Waals surface area (Å²) in [5.74, 6) is -2.05. The van der Waals surface area contributed by atoms with E-state index in [-0.39, 0.29) is 45.4 Å². The smallest absolute Gasteiger partial charge is 0.419 e. The molecule has 442 valence electrons. The van der Waals surface area contributed by atoms with Crippen LogP contribution in [0.25, 0.3) is 22.0 Å². The number of carbonyl (C=O) groups is 7. The maximum Gasteiger partial charge on any atom is 0.419 e. The number of pyridine rings is 1. The van der Waals surface area contributed by atoms with Crippen LogP contribution >= 0.6 is 11.8 Å². The monoisotopic (exact) mass is 1150 g/mol. The van der Waals surface area contributed by atoms with Crippen LogP contribution in [0, 0.1) is 0 Å². The van der Waals surface area contributed by atoms with Crippen molar-refractivity contribution in [3.8, 4) is 11.1 Å². The molecule has 3 atom stereocenters. The lowest BCUT2D eigenvalue weighted by Gasteiger charge is -2.32. The maximum atomic E-state index is 15.4. The van der Waals surface area contributed by atoms with Crippen LogP contribution in [-0.2, 0) is 52.8 Å². The number of benzene rings is 3. The van der Waals surface area contributed by atoms with Gasteiger partial charge in [0.15, 0.2) is 0 Å². The van der Waals surface area contributed by atoms with Gasteiger partial charge in [-0.25, -0.2) is 24.2 Å². The molecule has 3 heterocycles. The lowest BCUT2D eigenvalue weighted by molar-refractivity contribution is -0.142. The van der Waals surface area contributed by atoms with Gasteiger partial charge >= 0.3 is 24.2 Å². The summed E-state index contributed by atoms with van der Waals surface area (Å²) in [5, 5.41) is 16.5. The normalized spacial score (nSPS) is 16.9. The molecule has 0 spiro atoms. The summed E-state index contributed by atoms with van der Waals surface area (Å²) in [4.78, 5) is 105. The molecular weight excluding hydrogens is 1060 g/mol. The van der Waals surface area contributed by atoms with E-state index in [0.717, 1.165) is 27.1 Å². The second-order valence-electron chi connectivity index (χ2n) is 24.3. The topological polar surface area (TPSA) is 238 Å². The molecule has 0 radical (unpaired) electrons. The van der Waals surface area contributed by atoms with Crippen molar-refractivity contribution in [3.63, 3.8) is 0 Å². The Morgan fingerprint density at radius 3 is 1.94 bits per heavy atom. The molecule has 0 aliphatic carbocycles. The number of ether oxygens (including phenoxy) is 4. The lowest BCUT2D eigenvalue weighted by atomic mass is 9.98. The number of nitrogens with one attached hydrogen (secondary N) is 5. The molecule has 2 aromatic heterocycles. The van der Waals surface area contributed by atoms with Crippen LogP contribution in [0.15, 0.2) is 101 Å². The Kier molecular flexibility index (Phi) is 21.4. The van der Waals surface area contributed by atoms with Gasteiger partial charge in [0, 0.05) is 62.3 Å². The highest BCUT2D eigenvalue weighted by molar-refractivity contribution is 7.99. The van der Waals surface area contributed by atoms with E-state index in [1.807, 2.05) is 48.5 Å². The third kappa shape index (κ3) is 19.1. The Balaban J connectivity index is 1.45. The number of hydrogen-bond donors (Lipinski definition) is 5. The number of likely N-dealkylation sites (N-methyl/N-ethyl adjacent to an activating group) is 1. The van der Waals surface area contributed by atoms with Crippen molar-refractivity contribution in [2.24, 2.45) is 0 Å². The van der Waals surface area contributed by atoms with E-state index in [9.17, 15) is 24.0 Å². The van der Waals surface area contributed by atoms with Gasteiger partial charge in [0.2, 0.25) is 17.7 Å². The summed E-state index contributed by atoms with van der Waals surface area (Å²) in [7, 11) is 1.53. The summed E-state index contributed by atoms with van der Waals surface area (Å²) in [6.45, 7) is 21.9. The Morgan fingerprint density at radius 2 is 1.29 bits per heavy atom. The average molecular weight is 1150 g/mol. The minimum Gasteiger partial charge on any atom is -0.456 e. The Labute approximate surface area is 486 Å². The maximum absolute atomic E-state index is 15.4. The quantitative estimate of drug-likeness (QED) is 0.0419. The highest BCUT2D eigenvalue weighted by Gasteiger charge is 2.35. The molecular formula is C62H82N8O11S. The summed E-state index contributed by atoms with van der Waals surface area (Å²) in [6.07, 6.45) is 2.93. The molecule has 5 amide bonds. The van der Waals surface area contributed by atoms with E-state index in [1.54, 1.807) is 126 Å². The second kappa shape index (κ2) is 27.5. The lowest BCUT2D eigenvalue weighted by Crippen LogP contribution is -2.57. The van der Waals surface area contributed by atoms with E-state index in [1.165, 1.54) is 28.3 Å². The van der Waals surface area contributed by atoms with Gasteiger partial charge in [0.05, 0.1) is 17.1 Å². The first-order valence-electron chi connectivity index (χ1n) is 27.9. The van der Waals surface area contributed by atoms with Gasteiger partial charge in [-0.2, -0.15) is 0 Å². The first-order chi connectivity index (χ1) is 38.4. The van der Waals surface area contributed by atoms with E-state index < -0.39 is 82.5 Å². The number of hydrogen-bond acceptors (Lipinski definition) is 14. The zero-order chi connectivity index (χ0) is 60.2. The number of aromatic nitrogens is 2. The van der Waals surface area contributed by atoms with Gasteiger partial charge in [-0.15, -0.1) is 0 Å². The van der Waals surface area contributed by atoms with Crippen LogP contribution < -0.4 is 26.6 Å². The molecule has 20 heteroatoms. The number of amides is 5. The largest absolute Gasteiger partial charge is 0.456 e. The fourth-order valence-electron chi connectivity index (χ4n) is 9.05. The number of nitrogens with zero attached hydrogens (tertiary/aromatic N) is 3. The van der Waals surface area contributed by atoms with E-state index >= 15 is 9.59 Å². The van der Waals surface area contributed by atoms with Crippen LogP contribution in [0.2, 0.25) is 0 Å². The highest BCUT2D eigenvalue weighted by Crippen LogP contribution is 2.37. The fraction of sp³-hybridized carbons (Fsp3) is 0.484. The fourth-order valence-corrected chi connectivity index (χ4v) is 10.1. The summed E-state index contributed by atoms with van der Waals surface area (Å²) < 4.78 is 23.7. The Morgan fingerprint density at radius 1 is 0.671 bits per heavy atom. The zero-order valence-corrected chi connectivity index (χ0v) is 50.5. The second-order valence-corrected chi connectivity index (χ2v) is 25.4. The number of unbranched alkanes of at least 4 members (excludes halogenated alkanes) is 1. The number of rotatable bonds is 13. The number of esters is 1. The molecule has 6 rings (SSSR count). The van der Waals surface area contributed by atoms with Crippen LogP contribution in [0.5, 0.6) is 0 Å². The zero-order valence-electron chi connectivity index (χ0n) is 49.7. The predicted octanol–water partition coefficient (Wildman–Crippen LogP) is 10.2. The molecule has 82 heavy (non-hydrogen) atoms. The van der Waals surface area contributed by atoms with E-state index in [2.05, 4.69) is 26.6 Å². The molecule has 1 aliphatic heterocycles. The van der Waals surface area contributed by atoms with Crippen molar-refractivity contribution in [3.05, 3.63) is 114 Å². The van der Waals surface area contributed by atoms with Crippen LogP contribution in [0.1, 0.15) is 142 Å². The first-order valence-corrected chi connectivity index (χ1v) is 28.7. The summed E-state index contributed by atoms with van der Waals surface area (Å²) in [6, 6.07) is 20.5. The first kappa shape index (κ1) is 63.7. The van der Waals surface area contributed by atoms with Crippen molar-refractivity contribution in [1.82, 2.24) is 41.0 Å².